The highest BCUT2D eigenvalue weighted by Crippen LogP contribution is 2.32. The monoisotopic (exact) mass is 433 g/mol. The minimum Gasteiger partial charge on any atom is -0.493 e. The Morgan fingerprint density at radius 2 is 1.90 bits per heavy atom. The van der Waals surface area contributed by atoms with E-state index in [1.54, 1.807) is 12.1 Å². The number of carbonyl (C=O) groups is 1. The summed E-state index contributed by atoms with van der Waals surface area (Å²) in [5, 5.41) is 6.06. The fourth-order valence-electron chi connectivity index (χ4n) is 3.42. The molecular formula is C22H25F2N3O4. The lowest BCUT2D eigenvalue weighted by atomic mass is 9.89. The van der Waals surface area contributed by atoms with E-state index in [1.807, 2.05) is 31.2 Å². The van der Waals surface area contributed by atoms with Crippen LogP contribution in [0.3, 0.4) is 0 Å². The Labute approximate surface area is 179 Å². The lowest BCUT2D eigenvalue weighted by Crippen LogP contribution is -2.36. The number of nitrogens with zero attached hydrogens (tertiary/aromatic N) is 2. The molecule has 1 aliphatic heterocycles. The van der Waals surface area contributed by atoms with Crippen molar-refractivity contribution in [2.45, 2.75) is 32.9 Å². The first-order chi connectivity index (χ1) is 14.9. The van der Waals surface area contributed by atoms with Gasteiger partial charge < -0.3 is 9.47 Å². The number of rotatable bonds is 9. The number of benzene rings is 2. The van der Waals surface area contributed by atoms with Crippen LogP contribution in [-0.2, 0) is 16.2 Å². The van der Waals surface area contributed by atoms with Gasteiger partial charge in [0.25, 0.3) is 0 Å². The van der Waals surface area contributed by atoms with E-state index in [4.69, 9.17) is 9.57 Å². The molecule has 31 heavy (non-hydrogen) atoms. The van der Waals surface area contributed by atoms with Gasteiger partial charge in [-0.3, -0.25) is 15.1 Å². The summed E-state index contributed by atoms with van der Waals surface area (Å²) in [7, 11) is 2.91. The van der Waals surface area contributed by atoms with Crippen molar-refractivity contribution >= 4 is 17.3 Å². The number of anilines is 1. The first-order valence-corrected chi connectivity index (χ1v) is 9.85. The standard InChI is InChI=1S/C22H25F2N3O4/c1-4-15-12-20(28)27(13-14-5-8-17(9-6-14)26-30-3)25-21(15)16-7-10-18(31-22(23)24)19(11-16)29-2/h5-11,15,22,26H,4,12-13H2,1-3H3. The lowest BCUT2D eigenvalue weighted by Gasteiger charge is -2.29. The second kappa shape index (κ2) is 10.2. The molecule has 0 fully saturated rings. The maximum Gasteiger partial charge on any atom is 0.387 e. The first-order valence-electron chi connectivity index (χ1n) is 9.85. The zero-order valence-electron chi connectivity index (χ0n) is 17.6. The highest BCUT2D eigenvalue weighted by molar-refractivity contribution is 6.06. The molecule has 3 rings (SSSR count). The van der Waals surface area contributed by atoms with E-state index in [0.29, 0.717) is 30.7 Å². The van der Waals surface area contributed by atoms with Gasteiger partial charge in [-0.05, 0) is 42.3 Å². The van der Waals surface area contributed by atoms with Crippen molar-refractivity contribution in [2.75, 3.05) is 19.7 Å². The Bertz CT molecular complexity index is 935. The molecule has 166 valence electrons. The fourth-order valence-corrected chi connectivity index (χ4v) is 3.42. The summed E-state index contributed by atoms with van der Waals surface area (Å²) in [6, 6.07) is 12.2. The van der Waals surface area contributed by atoms with Crippen molar-refractivity contribution in [3.05, 3.63) is 53.6 Å². The third kappa shape index (κ3) is 5.49. The molecule has 7 nitrogen and oxygen atoms in total. The average molecular weight is 433 g/mol. The van der Waals surface area contributed by atoms with Crippen molar-refractivity contribution in [3.63, 3.8) is 0 Å². The van der Waals surface area contributed by atoms with Crippen LogP contribution in [0.2, 0.25) is 0 Å². The summed E-state index contributed by atoms with van der Waals surface area (Å²) in [6.45, 7) is -0.653. The van der Waals surface area contributed by atoms with Crippen LogP contribution < -0.4 is 15.0 Å². The molecule has 0 spiro atoms. The molecule has 0 aliphatic carbocycles. The molecule has 0 aromatic heterocycles. The Kier molecular flexibility index (Phi) is 7.41. The Morgan fingerprint density at radius 3 is 2.52 bits per heavy atom. The minimum atomic E-state index is -2.95. The highest BCUT2D eigenvalue weighted by Gasteiger charge is 2.30. The van der Waals surface area contributed by atoms with Gasteiger partial charge >= 0.3 is 6.61 Å². The molecule has 1 N–H and O–H groups in total. The first kappa shape index (κ1) is 22.5. The molecule has 0 radical (unpaired) electrons. The number of nitrogens with one attached hydrogen (secondary N) is 1. The van der Waals surface area contributed by atoms with Gasteiger partial charge in [-0.2, -0.15) is 13.9 Å². The van der Waals surface area contributed by atoms with Crippen LogP contribution in [0.25, 0.3) is 0 Å². The number of methoxy groups -OCH3 is 1. The van der Waals surface area contributed by atoms with Crippen molar-refractivity contribution in [1.29, 1.82) is 0 Å². The second-order valence-electron chi connectivity index (χ2n) is 6.99. The third-order valence-corrected chi connectivity index (χ3v) is 5.00. The van der Waals surface area contributed by atoms with Crippen LogP contribution in [0.5, 0.6) is 11.5 Å². The predicted molar refractivity (Wildman–Crippen MR) is 112 cm³/mol. The maximum atomic E-state index is 12.7. The Hall–Kier alpha value is -3.20. The minimum absolute atomic E-state index is 0.0524. The third-order valence-electron chi connectivity index (χ3n) is 5.00. The van der Waals surface area contributed by atoms with E-state index in [-0.39, 0.29) is 23.3 Å². The van der Waals surface area contributed by atoms with E-state index in [9.17, 15) is 13.6 Å². The van der Waals surface area contributed by atoms with E-state index < -0.39 is 6.61 Å². The zero-order valence-corrected chi connectivity index (χ0v) is 17.6. The molecule has 9 heteroatoms. The predicted octanol–water partition coefficient (Wildman–Crippen LogP) is 4.43. The van der Waals surface area contributed by atoms with Gasteiger partial charge in [0.1, 0.15) is 0 Å². The Balaban J connectivity index is 1.89. The van der Waals surface area contributed by atoms with Crippen LogP contribution in [0.15, 0.2) is 47.6 Å². The van der Waals surface area contributed by atoms with Gasteiger partial charge in [0.05, 0.1) is 32.2 Å². The van der Waals surface area contributed by atoms with Gasteiger partial charge in [0.15, 0.2) is 11.5 Å². The second-order valence-corrected chi connectivity index (χ2v) is 6.99. The number of hydrogen-bond donors (Lipinski definition) is 1. The lowest BCUT2D eigenvalue weighted by molar-refractivity contribution is -0.133. The molecule has 2 aromatic carbocycles. The number of halogens is 2. The van der Waals surface area contributed by atoms with Gasteiger partial charge in [-0.1, -0.05) is 19.1 Å². The van der Waals surface area contributed by atoms with Crippen molar-refractivity contribution in [2.24, 2.45) is 11.0 Å². The van der Waals surface area contributed by atoms with Gasteiger partial charge in [0.2, 0.25) is 5.91 Å². The summed E-state index contributed by atoms with van der Waals surface area (Å²) < 4.78 is 35.0. The number of hydrazone groups is 1. The van der Waals surface area contributed by atoms with Gasteiger partial charge in [-0.15, -0.1) is 0 Å². The molecule has 0 saturated carbocycles. The molecule has 1 amide bonds. The average Bonchev–Trinajstić information content (AvgIpc) is 2.76. The molecular weight excluding hydrogens is 408 g/mol. The quantitative estimate of drug-likeness (QED) is 0.593. The van der Waals surface area contributed by atoms with Crippen LogP contribution >= 0.6 is 0 Å². The number of hydrogen-bond acceptors (Lipinski definition) is 6. The van der Waals surface area contributed by atoms with Crippen LogP contribution in [0.4, 0.5) is 14.5 Å². The van der Waals surface area contributed by atoms with Crippen molar-refractivity contribution in [3.8, 4) is 11.5 Å². The molecule has 1 atom stereocenters. The summed E-state index contributed by atoms with van der Waals surface area (Å²) in [6.07, 6.45) is 1.03. The maximum absolute atomic E-state index is 12.7. The largest absolute Gasteiger partial charge is 0.493 e. The van der Waals surface area contributed by atoms with Crippen LogP contribution in [0.1, 0.15) is 30.9 Å². The van der Waals surface area contributed by atoms with E-state index in [1.165, 1.54) is 25.3 Å². The van der Waals surface area contributed by atoms with E-state index in [2.05, 4.69) is 15.3 Å². The summed E-state index contributed by atoms with van der Waals surface area (Å²) >= 11 is 0. The number of ether oxygens (including phenoxy) is 2. The smallest absolute Gasteiger partial charge is 0.387 e. The number of alkyl halides is 2. The fraction of sp³-hybridized carbons (Fsp3) is 0.364. The molecule has 0 bridgehead atoms. The molecule has 1 unspecified atom stereocenters. The topological polar surface area (TPSA) is 72.4 Å². The Morgan fingerprint density at radius 1 is 1.16 bits per heavy atom. The van der Waals surface area contributed by atoms with E-state index >= 15 is 0 Å². The van der Waals surface area contributed by atoms with Gasteiger partial charge in [-0.25, -0.2) is 5.01 Å². The summed E-state index contributed by atoms with van der Waals surface area (Å²) in [5.41, 5.74) is 5.85. The SMILES string of the molecule is CCC1CC(=O)N(Cc2ccc(NOC)cc2)N=C1c1ccc(OC(F)F)c(OC)c1. The molecule has 1 heterocycles. The molecule has 0 saturated heterocycles. The van der Waals surface area contributed by atoms with Crippen molar-refractivity contribution in [1.82, 2.24) is 5.01 Å². The van der Waals surface area contributed by atoms with Crippen molar-refractivity contribution < 1.29 is 27.9 Å². The van der Waals surface area contributed by atoms with Gasteiger partial charge in [0, 0.05) is 17.9 Å². The zero-order chi connectivity index (χ0) is 22.4. The molecule has 2 aromatic rings. The van der Waals surface area contributed by atoms with E-state index in [0.717, 1.165) is 11.3 Å². The number of carbonyl (C=O) groups excluding carboxylic acids is 1. The molecule has 1 aliphatic rings. The van der Waals surface area contributed by atoms with Crippen LogP contribution in [0, 0.1) is 5.92 Å². The number of amides is 1. The normalized spacial score (nSPS) is 16.3. The highest BCUT2D eigenvalue weighted by atomic mass is 19.3. The van der Waals surface area contributed by atoms with Crippen LogP contribution in [-0.4, -0.2) is 37.5 Å². The summed E-state index contributed by atoms with van der Waals surface area (Å²) in [5.74, 6) is -0.0219. The summed E-state index contributed by atoms with van der Waals surface area (Å²) in [4.78, 5) is 17.5.